The molecule has 0 saturated carbocycles. The molecule has 146 valence electrons. The standard InChI is InChI=1S/C21H18N4O3S/c1-12-4-9-17-22-10-16(20(27)25(17)11-12)19(26)24-21-23-18(13(2)29-21)14-5-7-15(28-3)8-6-14/h4-11H,1-3H3,(H,23,24,26). The molecule has 8 heteroatoms. The quantitative estimate of drug-likeness (QED) is 0.559. The Bertz CT molecular complexity index is 1280. The summed E-state index contributed by atoms with van der Waals surface area (Å²) < 4.78 is 6.55. The lowest BCUT2D eigenvalue weighted by atomic mass is 10.1. The molecule has 3 aromatic heterocycles. The van der Waals surface area contributed by atoms with Gasteiger partial charge in [-0.15, -0.1) is 11.3 Å². The van der Waals surface area contributed by atoms with Crippen LogP contribution in [0, 0.1) is 13.8 Å². The zero-order valence-corrected chi connectivity index (χ0v) is 16.9. The van der Waals surface area contributed by atoms with Gasteiger partial charge in [0.2, 0.25) is 0 Å². The third kappa shape index (κ3) is 3.62. The van der Waals surface area contributed by atoms with Crippen molar-refractivity contribution in [2.45, 2.75) is 13.8 Å². The van der Waals surface area contributed by atoms with Crippen LogP contribution in [0.1, 0.15) is 20.8 Å². The summed E-state index contributed by atoms with van der Waals surface area (Å²) in [6, 6.07) is 11.1. The maximum atomic E-state index is 12.7. The lowest BCUT2D eigenvalue weighted by Gasteiger charge is -2.05. The molecule has 0 aliphatic rings. The molecule has 29 heavy (non-hydrogen) atoms. The Balaban J connectivity index is 1.63. The highest BCUT2D eigenvalue weighted by molar-refractivity contribution is 7.16. The van der Waals surface area contributed by atoms with Crippen LogP contribution in [0.2, 0.25) is 0 Å². The minimum atomic E-state index is -0.534. The van der Waals surface area contributed by atoms with Crippen LogP contribution in [0.4, 0.5) is 5.13 Å². The summed E-state index contributed by atoms with van der Waals surface area (Å²) >= 11 is 1.35. The number of hydrogen-bond acceptors (Lipinski definition) is 6. The molecule has 1 aromatic carbocycles. The summed E-state index contributed by atoms with van der Waals surface area (Å²) in [6.07, 6.45) is 2.96. The monoisotopic (exact) mass is 406 g/mol. The van der Waals surface area contributed by atoms with Crippen LogP contribution in [0.5, 0.6) is 5.75 Å². The van der Waals surface area contributed by atoms with E-state index < -0.39 is 11.5 Å². The van der Waals surface area contributed by atoms with Gasteiger partial charge in [-0.05, 0) is 49.7 Å². The van der Waals surface area contributed by atoms with Gasteiger partial charge < -0.3 is 4.74 Å². The van der Waals surface area contributed by atoms with Gasteiger partial charge in [-0.1, -0.05) is 6.07 Å². The third-order valence-electron chi connectivity index (χ3n) is 4.48. The van der Waals surface area contributed by atoms with Crippen LogP contribution in [-0.2, 0) is 0 Å². The van der Waals surface area contributed by atoms with Crippen molar-refractivity contribution in [3.8, 4) is 17.0 Å². The van der Waals surface area contributed by atoms with E-state index in [1.807, 2.05) is 44.2 Å². The van der Waals surface area contributed by atoms with E-state index in [9.17, 15) is 9.59 Å². The number of hydrogen-bond donors (Lipinski definition) is 1. The molecular formula is C21H18N4O3S. The Morgan fingerprint density at radius 1 is 1.14 bits per heavy atom. The minimum absolute atomic E-state index is 0.0352. The number of rotatable bonds is 4. The van der Waals surface area contributed by atoms with E-state index >= 15 is 0 Å². The molecule has 4 aromatic rings. The van der Waals surface area contributed by atoms with E-state index in [2.05, 4.69) is 15.3 Å². The first-order chi connectivity index (χ1) is 14.0. The second-order valence-electron chi connectivity index (χ2n) is 6.52. The molecule has 1 N–H and O–H groups in total. The summed E-state index contributed by atoms with van der Waals surface area (Å²) in [5, 5.41) is 3.15. The molecule has 4 rings (SSSR count). The number of nitrogens with one attached hydrogen (secondary N) is 1. The number of aryl methyl sites for hydroxylation is 2. The highest BCUT2D eigenvalue weighted by atomic mass is 32.1. The van der Waals surface area contributed by atoms with Gasteiger partial charge in [0.1, 0.15) is 17.0 Å². The minimum Gasteiger partial charge on any atom is -0.497 e. The highest BCUT2D eigenvalue weighted by Gasteiger charge is 2.17. The highest BCUT2D eigenvalue weighted by Crippen LogP contribution is 2.31. The number of ether oxygens (including phenoxy) is 1. The second-order valence-corrected chi connectivity index (χ2v) is 7.72. The van der Waals surface area contributed by atoms with Gasteiger partial charge in [0.25, 0.3) is 11.5 Å². The van der Waals surface area contributed by atoms with Gasteiger partial charge in [-0.2, -0.15) is 0 Å². The molecule has 7 nitrogen and oxygen atoms in total. The number of amides is 1. The van der Waals surface area contributed by atoms with Gasteiger partial charge in [-0.25, -0.2) is 9.97 Å². The van der Waals surface area contributed by atoms with E-state index in [0.717, 1.165) is 27.4 Å². The van der Waals surface area contributed by atoms with Crippen LogP contribution in [-0.4, -0.2) is 27.4 Å². The van der Waals surface area contributed by atoms with E-state index in [0.29, 0.717) is 10.8 Å². The van der Waals surface area contributed by atoms with Gasteiger partial charge in [0, 0.05) is 22.8 Å². The Morgan fingerprint density at radius 3 is 2.62 bits per heavy atom. The topological polar surface area (TPSA) is 85.6 Å². The first-order valence-electron chi connectivity index (χ1n) is 8.87. The van der Waals surface area contributed by atoms with E-state index in [-0.39, 0.29) is 5.56 Å². The normalized spacial score (nSPS) is 10.9. The zero-order valence-electron chi connectivity index (χ0n) is 16.1. The number of benzene rings is 1. The number of carbonyl (C=O) groups excluding carboxylic acids is 1. The summed E-state index contributed by atoms with van der Waals surface area (Å²) in [6.45, 7) is 3.81. The average Bonchev–Trinajstić information content (AvgIpc) is 3.08. The number of carbonyl (C=O) groups is 1. The first kappa shape index (κ1) is 18.8. The molecule has 0 aliphatic carbocycles. The number of aromatic nitrogens is 3. The summed E-state index contributed by atoms with van der Waals surface area (Å²) in [7, 11) is 1.61. The van der Waals surface area contributed by atoms with Crippen LogP contribution < -0.4 is 15.6 Å². The fourth-order valence-electron chi connectivity index (χ4n) is 2.97. The van der Waals surface area contributed by atoms with Crippen LogP contribution >= 0.6 is 11.3 Å². The molecule has 0 bridgehead atoms. The van der Waals surface area contributed by atoms with Crippen molar-refractivity contribution < 1.29 is 9.53 Å². The van der Waals surface area contributed by atoms with Crippen molar-refractivity contribution in [3.63, 3.8) is 0 Å². The Kier molecular flexibility index (Phi) is 4.85. The maximum Gasteiger partial charge on any atom is 0.270 e. The molecular weight excluding hydrogens is 388 g/mol. The molecule has 1 amide bonds. The fraction of sp³-hybridized carbons (Fsp3) is 0.143. The molecule has 0 aliphatic heterocycles. The Morgan fingerprint density at radius 2 is 1.90 bits per heavy atom. The largest absolute Gasteiger partial charge is 0.497 e. The van der Waals surface area contributed by atoms with Gasteiger partial charge in [0.05, 0.1) is 12.8 Å². The predicted octanol–water partition coefficient (Wildman–Crippen LogP) is 3.70. The van der Waals surface area contributed by atoms with Crippen LogP contribution in [0.15, 0.2) is 53.6 Å². The molecule has 0 spiro atoms. The summed E-state index contributed by atoms with van der Waals surface area (Å²) in [5.41, 5.74) is 2.63. The predicted molar refractivity (Wildman–Crippen MR) is 113 cm³/mol. The number of methoxy groups -OCH3 is 1. The van der Waals surface area contributed by atoms with Crippen molar-refractivity contribution in [2.24, 2.45) is 0 Å². The smallest absolute Gasteiger partial charge is 0.270 e. The van der Waals surface area contributed by atoms with Crippen LogP contribution in [0.25, 0.3) is 16.9 Å². The number of nitrogens with zero attached hydrogens (tertiary/aromatic N) is 3. The van der Waals surface area contributed by atoms with Crippen molar-refractivity contribution in [2.75, 3.05) is 12.4 Å². The SMILES string of the molecule is COc1ccc(-c2nc(NC(=O)c3cnc4ccc(C)cn4c3=O)sc2C)cc1. The lowest BCUT2D eigenvalue weighted by molar-refractivity contribution is 0.102. The molecule has 0 radical (unpaired) electrons. The molecule has 3 heterocycles. The summed E-state index contributed by atoms with van der Waals surface area (Å²) in [4.78, 5) is 35.1. The fourth-order valence-corrected chi connectivity index (χ4v) is 3.80. The van der Waals surface area contributed by atoms with Gasteiger partial charge >= 0.3 is 0 Å². The van der Waals surface area contributed by atoms with Crippen molar-refractivity contribution in [1.29, 1.82) is 0 Å². The first-order valence-corrected chi connectivity index (χ1v) is 9.69. The van der Waals surface area contributed by atoms with E-state index in [4.69, 9.17) is 4.74 Å². The number of anilines is 1. The number of pyridine rings is 1. The lowest BCUT2D eigenvalue weighted by Crippen LogP contribution is -2.26. The molecule has 0 saturated heterocycles. The zero-order chi connectivity index (χ0) is 20.5. The van der Waals surface area contributed by atoms with Gasteiger partial charge in [0.15, 0.2) is 5.13 Å². The third-order valence-corrected chi connectivity index (χ3v) is 5.36. The van der Waals surface area contributed by atoms with Crippen molar-refractivity contribution >= 4 is 28.0 Å². The van der Waals surface area contributed by atoms with E-state index in [1.54, 1.807) is 19.4 Å². The molecule has 0 unspecified atom stereocenters. The Hall–Kier alpha value is -3.52. The molecule has 0 atom stereocenters. The van der Waals surface area contributed by atoms with Crippen LogP contribution in [0.3, 0.4) is 0 Å². The molecule has 0 fully saturated rings. The van der Waals surface area contributed by atoms with Crippen molar-refractivity contribution in [3.05, 3.63) is 75.1 Å². The van der Waals surface area contributed by atoms with E-state index in [1.165, 1.54) is 21.9 Å². The number of fused-ring (bicyclic) bond motifs is 1. The van der Waals surface area contributed by atoms with Gasteiger partial charge in [-0.3, -0.25) is 19.3 Å². The maximum absolute atomic E-state index is 12.7. The average molecular weight is 406 g/mol. The summed E-state index contributed by atoms with van der Waals surface area (Å²) in [5.74, 6) is 0.225. The second kappa shape index (κ2) is 7.48. The number of thiazole rings is 1. The van der Waals surface area contributed by atoms with Crippen molar-refractivity contribution in [1.82, 2.24) is 14.4 Å². The Labute approximate surface area is 170 Å².